The van der Waals surface area contributed by atoms with Gasteiger partial charge >= 0.3 is 5.97 Å². The first-order valence-corrected chi connectivity index (χ1v) is 12.5. The topological polar surface area (TPSA) is 84.0 Å². The fraction of sp³-hybridized carbons (Fsp3) is 0.214. The summed E-state index contributed by atoms with van der Waals surface area (Å²) in [6.07, 6.45) is 0.865. The minimum absolute atomic E-state index is 0.0819. The summed E-state index contributed by atoms with van der Waals surface area (Å²) in [6, 6.07) is 17.4. The van der Waals surface area contributed by atoms with Gasteiger partial charge in [-0.3, -0.25) is 19.2 Å². The van der Waals surface area contributed by atoms with Crippen LogP contribution in [0.5, 0.6) is 5.75 Å². The van der Waals surface area contributed by atoms with Gasteiger partial charge in [0.15, 0.2) is 0 Å². The Morgan fingerprint density at radius 1 is 0.972 bits per heavy atom. The van der Waals surface area contributed by atoms with E-state index in [1.165, 1.54) is 0 Å². The van der Waals surface area contributed by atoms with Crippen molar-refractivity contribution in [2.75, 3.05) is 16.3 Å². The van der Waals surface area contributed by atoms with E-state index in [0.29, 0.717) is 32.6 Å². The minimum Gasteiger partial charge on any atom is -0.426 e. The number of para-hydroxylation sites is 1. The van der Waals surface area contributed by atoms with Crippen LogP contribution in [0.15, 0.2) is 65.1 Å². The highest BCUT2D eigenvalue weighted by atomic mass is 79.9. The molecule has 36 heavy (non-hydrogen) atoms. The van der Waals surface area contributed by atoms with E-state index in [1.807, 2.05) is 31.2 Å². The lowest BCUT2D eigenvalue weighted by atomic mass is 10.1. The van der Waals surface area contributed by atoms with Crippen molar-refractivity contribution in [1.29, 1.82) is 0 Å². The number of amides is 3. The molecular formula is C28H23BrN2O5. The van der Waals surface area contributed by atoms with Crippen LogP contribution in [0, 0.1) is 12.8 Å². The van der Waals surface area contributed by atoms with Gasteiger partial charge in [-0.1, -0.05) is 41.1 Å². The second-order valence-electron chi connectivity index (χ2n) is 8.89. The van der Waals surface area contributed by atoms with Crippen LogP contribution in [0.2, 0.25) is 0 Å². The molecule has 2 aliphatic rings. The molecule has 0 aliphatic carbocycles. The number of hydrogen-bond acceptors (Lipinski definition) is 5. The van der Waals surface area contributed by atoms with Gasteiger partial charge in [-0.2, -0.15) is 0 Å². The van der Waals surface area contributed by atoms with Crippen LogP contribution in [0.4, 0.5) is 11.4 Å². The third-order valence-electron chi connectivity index (χ3n) is 6.60. The Bertz CT molecular complexity index is 1430. The summed E-state index contributed by atoms with van der Waals surface area (Å²) in [5.41, 5.74) is 3.59. The molecule has 3 aromatic rings. The zero-order valence-electron chi connectivity index (χ0n) is 19.8. The highest BCUT2D eigenvalue weighted by Crippen LogP contribution is 2.34. The van der Waals surface area contributed by atoms with Crippen LogP contribution in [0.3, 0.4) is 0 Å². The fourth-order valence-electron chi connectivity index (χ4n) is 4.75. The fourth-order valence-corrected chi connectivity index (χ4v) is 5.11. The number of anilines is 2. The van der Waals surface area contributed by atoms with E-state index in [1.54, 1.807) is 48.2 Å². The summed E-state index contributed by atoms with van der Waals surface area (Å²) >= 11 is 3.34. The summed E-state index contributed by atoms with van der Waals surface area (Å²) in [7, 11) is 0. The molecular weight excluding hydrogens is 524 g/mol. The highest BCUT2D eigenvalue weighted by molar-refractivity contribution is 9.10. The lowest BCUT2D eigenvalue weighted by Gasteiger charge is -2.20. The zero-order valence-corrected chi connectivity index (χ0v) is 21.4. The number of esters is 1. The first-order chi connectivity index (χ1) is 17.3. The van der Waals surface area contributed by atoms with Gasteiger partial charge in [0.1, 0.15) is 5.75 Å². The number of imide groups is 1. The van der Waals surface area contributed by atoms with E-state index in [4.69, 9.17) is 4.74 Å². The number of fused-ring (bicyclic) bond motifs is 1. The molecule has 1 saturated heterocycles. The Morgan fingerprint density at radius 3 is 2.47 bits per heavy atom. The van der Waals surface area contributed by atoms with Gasteiger partial charge in [0, 0.05) is 23.1 Å². The van der Waals surface area contributed by atoms with Crippen LogP contribution in [0.1, 0.15) is 45.2 Å². The first kappa shape index (κ1) is 23.9. The molecule has 0 unspecified atom stereocenters. The van der Waals surface area contributed by atoms with E-state index in [2.05, 4.69) is 15.9 Å². The smallest absolute Gasteiger partial charge is 0.316 e. The zero-order chi connectivity index (χ0) is 25.6. The van der Waals surface area contributed by atoms with Crippen molar-refractivity contribution in [2.45, 2.75) is 26.7 Å². The molecule has 0 spiro atoms. The van der Waals surface area contributed by atoms with Gasteiger partial charge in [0.05, 0.1) is 22.7 Å². The lowest BCUT2D eigenvalue weighted by Crippen LogP contribution is -2.30. The molecule has 3 aromatic carbocycles. The van der Waals surface area contributed by atoms with Gasteiger partial charge in [0.2, 0.25) is 5.91 Å². The molecule has 5 rings (SSSR count). The molecule has 182 valence electrons. The summed E-state index contributed by atoms with van der Waals surface area (Å²) in [6.45, 7) is 4.03. The molecule has 2 aliphatic heterocycles. The van der Waals surface area contributed by atoms with Crippen molar-refractivity contribution in [3.63, 3.8) is 0 Å². The number of aryl methyl sites for hydroxylation is 2. The van der Waals surface area contributed by atoms with Crippen molar-refractivity contribution in [3.05, 3.63) is 87.4 Å². The molecule has 7 nitrogen and oxygen atoms in total. The maximum Gasteiger partial charge on any atom is 0.316 e. The molecule has 3 amide bonds. The predicted octanol–water partition coefficient (Wildman–Crippen LogP) is 5.08. The maximum absolute atomic E-state index is 12.9. The van der Waals surface area contributed by atoms with E-state index < -0.39 is 23.7 Å². The van der Waals surface area contributed by atoms with E-state index in [9.17, 15) is 19.2 Å². The second kappa shape index (κ2) is 9.35. The Balaban J connectivity index is 1.31. The average molecular weight is 547 g/mol. The monoisotopic (exact) mass is 546 g/mol. The summed E-state index contributed by atoms with van der Waals surface area (Å²) < 4.78 is 6.32. The number of halogens is 1. The van der Waals surface area contributed by atoms with Gasteiger partial charge in [-0.15, -0.1) is 0 Å². The average Bonchev–Trinajstić information content (AvgIpc) is 3.36. The van der Waals surface area contributed by atoms with Crippen LogP contribution in [-0.2, 0) is 16.0 Å². The van der Waals surface area contributed by atoms with Gasteiger partial charge < -0.3 is 9.64 Å². The summed E-state index contributed by atoms with van der Waals surface area (Å²) in [5, 5.41) is 0. The number of carbonyl (C=O) groups excluding carboxylic acids is 4. The number of benzene rings is 3. The van der Waals surface area contributed by atoms with Crippen molar-refractivity contribution < 1.29 is 23.9 Å². The van der Waals surface area contributed by atoms with E-state index in [-0.39, 0.29) is 18.9 Å². The van der Waals surface area contributed by atoms with Crippen molar-refractivity contribution in [1.82, 2.24) is 0 Å². The van der Waals surface area contributed by atoms with E-state index in [0.717, 1.165) is 22.6 Å². The third-order valence-corrected chi connectivity index (χ3v) is 7.09. The standard InChI is InChI=1S/C28H23BrN2O5/c1-3-17-6-4-5-7-24(17)30-15-18(13-25(30)32)28(35)36-20-9-11-23(16(2)12-20)31-26(33)21-10-8-19(29)14-22(21)27(31)34/h4-12,14,18H,3,13,15H2,1-2H3/t18-/m0/s1. The number of hydrogen-bond donors (Lipinski definition) is 0. The number of rotatable bonds is 5. The summed E-state index contributed by atoms with van der Waals surface area (Å²) in [5.74, 6) is -1.69. The highest BCUT2D eigenvalue weighted by Gasteiger charge is 2.39. The molecule has 1 atom stereocenters. The molecule has 1 fully saturated rings. The number of ether oxygens (including phenoxy) is 1. The van der Waals surface area contributed by atoms with Crippen molar-refractivity contribution >= 4 is 51.0 Å². The quantitative estimate of drug-likeness (QED) is 0.253. The molecule has 0 aromatic heterocycles. The second-order valence-corrected chi connectivity index (χ2v) is 9.81. The molecule has 0 saturated carbocycles. The van der Waals surface area contributed by atoms with Crippen LogP contribution < -0.4 is 14.5 Å². The molecule has 0 radical (unpaired) electrons. The van der Waals surface area contributed by atoms with Crippen LogP contribution in [-0.4, -0.2) is 30.2 Å². The van der Waals surface area contributed by atoms with Crippen LogP contribution in [0.25, 0.3) is 0 Å². The minimum atomic E-state index is -0.586. The largest absolute Gasteiger partial charge is 0.426 e. The molecule has 8 heteroatoms. The Morgan fingerprint density at radius 2 is 1.72 bits per heavy atom. The Kier molecular flexibility index (Phi) is 6.22. The van der Waals surface area contributed by atoms with E-state index >= 15 is 0 Å². The Hall–Kier alpha value is -3.78. The SMILES string of the molecule is CCc1ccccc1N1C[C@@H](C(=O)Oc2ccc(N3C(=O)c4ccc(Br)cc4C3=O)c(C)c2)CC1=O. The normalized spacial score (nSPS) is 17.1. The maximum atomic E-state index is 12.9. The first-order valence-electron chi connectivity index (χ1n) is 11.7. The Labute approximate surface area is 216 Å². The molecule has 0 N–H and O–H groups in total. The van der Waals surface area contributed by atoms with Crippen molar-refractivity contribution in [3.8, 4) is 5.75 Å². The number of nitrogens with zero attached hydrogens (tertiary/aromatic N) is 2. The third kappa shape index (κ3) is 4.11. The molecule has 0 bridgehead atoms. The number of carbonyl (C=O) groups is 4. The van der Waals surface area contributed by atoms with Crippen LogP contribution >= 0.6 is 15.9 Å². The molecule has 2 heterocycles. The van der Waals surface area contributed by atoms with Gasteiger partial charge in [0.25, 0.3) is 11.8 Å². The van der Waals surface area contributed by atoms with Gasteiger partial charge in [-0.25, -0.2) is 4.90 Å². The lowest BCUT2D eigenvalue weighted by molar-refractivity contribution is -0.139. The summed E-state index contributed by atoms with van der Waals surface area (Å²) in [4.78, 5) is 54.2. The predicted molar refractivity (Wildman–Crippen MR) is 138 cm³/mol. The van der Waals surface area contributed by atoms with Gasteiger partial charge in [-0.05, 0) is 66.9 Å². The van der Waals surface area contributed by atoms with Crippen molar-refractivity contribution in [2.24, 2.45) is 5.92 Å².